The predicted octanol–water partition coefficient (Wildman–Crippen LogP) is 6.46. The van der Waals surface area contributed by atoms with Crippen molar-refractivity contribution >= 4 is 11.9 Å². The van der Waals surface area contributed by atoms with Crippen LogP contribution in [-0.4, -0.2) is 35.4 Å². The van der Waals surface area contributed by atoms with E-state index in [0.717, 1.165) is 43.6 Å². The first kappa shape index (κ1) is 26.8. The third-order valence-corrected chi connectivity index (χ3v) is 5.18. The number of unbranched alkanes of at least 4 members (excludes halogenated alkanes) is 11. The maximum absolute atomic E-state index is 10.5. The summed E-state index contributed by atoms with van der Waals surface area (Å²) < 4.78 is 11.6. The molecule has 0 amide bonds. The minimum absolute atomic E-state index is 0.177. The summed E-state index contributed by atoms with van der Waals surface area (Å²) in [7, 11) is 0. The van der Waals surface area contributed by atoms with E-state index < -0.39 is 11.9 Å². The molecule has 0 unspecified atom stereocenters. The van der Waals surface area contributed by atoms with Crippen LogP contribution < -0.4 is 9.47 Å². The molecule has 0 aromatic heterocycles. The van der Waals surface area contributed by atoms with Crippen molar-refractivity contribution in [1.29, 1.82) is 0 Å². The first-order valence-electron chi connectivity index (χ1n) is 11.9. The minimum Gasteiger partial charge on any atom is -0.490 e. The average molecular weight is 437 g/mol. The van der Waals surface area contributed by atoms with Gasteiger partial charge in [-0.25, -0.2) is 0 Å². The highest BCUT2D eigenvalue weighted by Crippen LogP contribution is 2.27. The lowest BCUT2D eigenvalue weighted by Gasteiger charge is -2.12. The highest BCUT2D eigenvalue weighted by Gasteiger charge is 2.05. The van der Waals surface area contributed by atoms with Gasteiger partial charge in [0.15, 0.2) is 11.5 Å². The Morgan fingerprint density at radius 3 is 1.29 bits per heavy atom. The zero-order valence-electron chi connectivity index (χ0n) is 18.9. The van der Waals surface area contributed by atoms with E-state index in [-0.39, 0.29) is 6.42 Å². The summed E-state index contributed by atoms with van der Waals surface area (Å²) in [5, 5.41) is 17.3. The molecule has 0 aliphatic carbocycles. The Bertz CT molecular complexity index is 601. The van der Waals surface area contributed by atoms with E-state index in [4.69, 9.17) is 19.7 Å². The van der Waals surface area contributed by atoms with E-state index in [2.05, 4.69) is 0 Å². The van der Waals surface area contributed by atoms with Gasteiger partial charge in [0.05, 0.1) is 13.2 Å². The smallest absolute Gasteiger partial charge is 0.303 e. The molecule has 0 spiro atoms. The Labute approximate surface area is 187 Å². The van der Waals surface area contributed by atoms with Gasteiger partial charge in [-0.05, 0) is 37.8 Å². The molecule has 0 radical (unpaired) electrons. The van der Waals surface area contributed by atoms with E-state index >= 15 is 0 Å². The van der Waals surface area contributed by atoms with Crippen molar-refractivity contribution in [2.45, 2.75) is 96.3 Å². The summed E-state index contributed by atoms with van der Waals surface area (Å²) in [6.45, 7) is 1.17. The number of para-hydroxylation sites is 2. The van der Waals surface area contributed by atoms with Gasteiger partial charge in [0.25, 0.3) is 0 Å². The lowest BCUT2D eigenvalue weighted by Crippen LogP contribution is -2.03. The number of carboxylic acid groups (broad SMARTS) is 2. The Balaban J connectivity index is 1.97. The number of ether oxygens (including phenoxy) is 2. The van der Waals surface area contributed by atoms with Gasteiger partial charge in [0.2, 0.25) is 0 Å². The van der Waals surface area contributed by atoms with E-state index in [1.807, 2.05) is 24.3 Å². The summed E-state index contributed by atoms with van der Waals surface area (Å²) in [4.78, 5) is 21.0. The number of carbonyl (C=O) groups is 2. The van der Waals surface area contributed by atoms with Gasteiger partial charge in [-0.2, -0.15) is 0 Å². The van der Waals surface area contributed by atoms with Gasteiger partial charge in [0.1, 0.15) is 0 Å². The van der Waals surface area contributed by atoms with Crippen molar-refractivity contribution < 1.29 is 29.3 Å². The van der Waals surface area contributed by atoms with Crippen LogP contribution in [-0.2, 0) is 9.59 Å². The second-order valence-corrected chi connectivity index (χ2v) is 8.03. The van der Waals surface area contributed by atoms with Crippen molar-refractivity contribution in [3.63, 3.8) is 0 Å². The second-order valence-electron chi connectivity index (χ2n) is 8.03. The van der Waals surface area contributed by atoms with Gasteiger partial charge in [0, 0.05) is 12.8 Å². The molecule has 0 aliphatic rings. The van der Waals surface area contributed by atoms with Crippen molar-refractivity contribution in [3.8, 4) is 11.5 Å². The fourth-order valence-corrected chi connectivity index (χ4v) is 3.40. The van der Waals surface area contributed by atoms with E-state index in [0.29, 0.717) is 32.5 Å². The molecule has 0 saturated heterocycles. The van der Waals surface area contributed by atoms with Crippen LogP contribution in [0.3, 0.4) is 0 Å². The van der Waals surface area contributed by atoms with Crippen LogP contribution >= 0.6 is 0 Å². The number of carboxylic acids is 2. The lowest BCUT2D eigenvalue weighted by molar-refractivity contribution is -0.138. The highest BCUT2D eigenvalue weighted by atomic mass is 16.5. The Morgan fingerprint density at radius 1 is 0.548 bits per heavy atom. The molecule has 0 heterocycles. The number of hydrogen-bond donors (Lipinski definition) is 2. The van der Waals surface area contributed by atoms with Crippen molar-refractivity contribution in [1.82, 2.24) is 0 Å². The number of aliphatic carboxylic acids is 2. The fraction of sp³-hybridized carbons (Fsp3) is 0.680. The van der Waals surface area contributed by atoms with Crippen molar-refractivity contribution in [3.05, 3.63) is 24.3 Å². The van der Waals surface area contributed by atoms with E-state index in [9.17, 15) is 9.59 Å². The molecule has 0 fully saturated rings. The average Bonchev–Trinajstić information content (AvgIpc) is 2.74. The van der Waals surface area contributed by atoms with Gasteiger partial charge >= 0.3 is 11.9 Å². The molecule has 1 aromatic rings. The van der Waals surface area contributed by atoms with Crippen LogP contribution in [0.15, 0.2) is 24.3 Å². The maximum atomic E-state index is 10.5. The predicted molar refractivity (Wildman–Crippen MR) is 122 cm³/mol. The third-order valence-electron chi connectivity index (χ3n) is 5.18. The molecule has 6 nitrogen and oxygen atoms in total. The zero-order valence-corrected chi connectivity index (χ0v) is 18.9. The monoisotopic (exact) mass is 436 g/mol. The molecule has 0 saturated carbocycles. The van der Waals surface area contributed by atoms with Gasteiger partial charge < -0.3 is 19.7 Å². The van der Waals surface area contributed by atoms with E-state index in [1.54, 1.807) is 0 Å². The molecular formula is C25H40O6. The van der Waals surface area contributed by atoms with E-state index in [1.165, 1.54) is 38.5 Å². The second kappa shape index (κ2) is 18.5. The summed E-state index contributed by atoms with van der Waals surface area (Å²) in [5.41, 5.74) is 0. The molecule has 0 atom stereocenters. The molecule has 2 N–H and O–H groups in total. The van der Waals surface area contributed by atoms with Crippen molar-refractivity contribution in [2.75, 3.05) is 13.2 Å². The molecule has 31 heavy (non-hydrogen) atoms. The van der Waals surface area contributed by atoms with Crippen LogP contribution in [0, 0.1) is 0 Å². The zero-order chi connectivity index (χ0) is 22.6. The first-order valence-corrected chi connectivity index (χ1v) is 11.9. The van der Waals surface area contributed by atoms with Crippen molar-refractivity contribution in [2.24, 2.45) is 0 Å². The van der Waals surface area contributed by atoms with Gasteiger partial charge in [-0.15, -0.1) is 0 Å². The molecule has 0 aliphatic heterocycles. The first-order chi connectivity index (χ1) is 15.1. The SMILES string of the molecule is O=C(O)CCCCCCCCCCCCCOc1ccccc1OCCCCC(=O)O. The summed E-state index contributed by atoms with van der Waals surface area (Å²) in [6.07, 6.45) is 14.5. The summed E-state index contributed by atoms with van der Waals surface area (Å²) in [6, 6.07) is 7.64. The van der Waals surface area contributed by atoms with Crippen LogP contribution in [0.4, 0.5) is 0 Å². The quantitative estimate of drug-likeness (QED) is 0.215. The Kier molecular flexibility index (Phi) is 16.0. The molecule has 1 aromatic carbocycles. The Hall–Kier alpha value is -2.24. The number of hydrogen-bond acceptors (Lipinski definition) is 4. The standard InChI is InChI=1S/C25H40O6/c26-24(27)18-10-8-6-4-2-1-3-5-7-9-14-20-30-22-16-11-12-17-23(22)31-21-15-13-19-25(28)29/h11-12,16-17H,1-10,13-15,18-21H2,(H,26,27)(H,28,29). The molecule has 0 bridgehead atoms. The third kappa shape index (κ3) is 16.2. The number of rotatable bonds is 21. The number of benzene rings is 1. The van der Waals surface area contributed by atoms with Crippen LogP contribution in [0.5, 0.6) is 11.5 Å². The molecule has 6 heteroatoms. The topological polar surface area (TPSA) is 93.1 Å². The molecule has 176 valence electrons. The maximum Gasteiger partial charge on any atom is 0.303 e. The van der Waals surface area contributed by atoms with Gasteiger partial charge in [-0.1, -0.05) is 69.9 Å². The lowest BCUT2D eigenvalue weighted by atomic mass is 10.1. The largest absolute Gasteiger partial charge is 0.490 e. The summed E-state index contributed by atoms with van der Waals surface area (Å²) in [5.74, 6) is 0.0199. The van der Waals surface area contributed by atoms with Crippen LogP contribution in [0.1, 0.15) is 96.3 Å². The molecular weight excluding hydrogens is 396 g/mol. The Morgan fingerprint density at radius 2 is 0.871 bits per heavy atom. The minimum atomic E-state index is -0.770. The molecule has 1 rings (SSSR count). The van der Waals surface area contributed by atoms with Crippen LogP contribution in [0.2, 0.25) is 0 Å². The fourth-order valence-electron chi connectivity index (χ4n) is 3.40. The van der Waals surface area contributed by atoms with Crippen LogP contribution in [0.25, 0.3) is 0 Å². The van der Waals surface area contributed by atoms with Gasteiger partial charge in [-0.3, -0.25) is 9.59 Å². The highest BCUT2D eigenvalue weighted by molar-refractivity contribution is 5.66. The summed E-state index contributed by atoms with van der Waals surface area (Å²) >= 11 is 0. The normalized spacial score (nSPS) is 10.7.